The maximum absolute atomic E-state index is 11.7. The van der Waals surface area contributed by atoms with Crippen LogP contribution in [0.25, 0.3) is 0 Å². The van der Waals surface area contributed by atoms with Gasteiger partial charge in [-0.05, 0) is 25.8 Å². The molecule has 1 aliphatic heterocycles. The van der Waals surface area contributed by atoms with Gasteiger partial charge in [0, 0.05) is 30.6 Å². The Kier molecular flexibility index (Phi) is 5.06. The van der Waals surface area contributed by atoms with Crippen molar-refractivity contribution >= 4 is 11.6 Å². The van der Waals surface area contributed by atoms with Gasteiger partial charge in [0.15, 0.2) is 0 Å². The predicted octanol–water partition coefficient (Wildman–Crippen LogP) is 1.40. The lowest BCUT2D eigenvalue weighted by Crippen LogP contribution is -2.32. The van der Waals surface area contributed by atoms with E-state index in [1.54, 1.807) is 18.2 Å². The Morgan fingerprint density at radius 1 is 1.45 bits per heavy atom. The van der Waals surface area contributed by atoms with Crippen molar-refractivity contribution in [3.8, 4) is 0 Å². The Bertz CT molecular complexity index is 484. The van der Waals surface area contributed by atoms with Crippen LogP contribution in [0.15, 0.2) is 24.3 Å². The summed E-state index contributed by atoms with van der Waals surface area (Å²) < 4.78 is 0. The minimum absolute atomic E-state index is 0.00276. The quantitative estimate of drug-likeness (QED) is 0.608. The molecule has 1 aromatic rings. The SMILES string of the molecule is O=C(CC1CCCN1)NCCc1ccccc1[N+](=O)[O-]. The number of hydrogen-bond acceptors (Lipinski definition) is 4. The van der Waals surface area contributed by atoms with Crippen LogP contribution in [0.4, 0.5) is 5.69 Å². The van der Waals surface area contributed by atoms with Gasteiger partial charge in [-0.25, -0.2) is 0 Å². The first-order chi connectivity index (χ1) is 9.66. The molecule has 1 unspecified atom stereocenters. The summed E-state index contributed by atoms with van der Waals surface area (Å²) in [7, 11) is 0. The van der Waals surface area contributed by atoms with Crippen LogP contribution in [0.2, 0.25) is 0 Å². The second-order valence-corrected chi connectivity index (χ2v) is 4.98. The number of nitro benzene ring substituents is 1. The van der Waals surface area contributed by atoms with Crippen molar-refractivity contribution in [1.29, 1.82) is 0 Å². The van der Waals surface area contributed by atoms with Crippen molar-refractivity contribution in [2.45, 2.75) is 31.7 Å². The first-order valence-electron chi connectivity index (χ1n) is 6.89. The van der Waals surface area contributed by atoms with Crippen molar-refractivity contribution in [2.24, 2.45) is 0 Å². The smallest absolute Gasteiger partial charge is 0.272 e. The summed E-state index contributed by atoms with van der Waals surface area (Å²) >= 11 is 0. The summed E-state index contributed by atoms with van der Waals surface area (Å²) in [5, 5.41) is 17.0. The Morgan fingerprint density at radius 3 is 2.95 bits per heavy atom. The highest BCUT2D eigenvalue weighted by Crippen LogP contribution is 2.17. The number of carbonyl (C=O) groups excluding carboxylic acids is 1. The third-order valence-corrected chi connectivity index (χ3v) is 3.50. The Balaban J connectivity index is 1.78. The van der Waals surface area contributed by atoms with Gasteiger partial charge in [0.2, 0.25) is 5.91 Å². The number of hydrogen-bond donors (Lipinski definition) is 2. The van der Waals surface area contributed by atoms with Crippen LogP contribution in [0.1, 0.15) is 24.8 Å². The first-order valence-corrected chi connectivity index (χ1v) is 6.89. The summed E-state index contributed by atoms with van der Waals surface area (Å²) in [4.78, 5) is 22.2. The Labute approximate surface area is 117 Å². The molecule has 1 aromatic carbocycles. The number of nitrogens with zero attached hydrogens (tertiary/aromatic N) is 1. The van der Waals surface area contributed by atoms with Crippen LogP contribution in [0.3, 0.4) is 0 Å². The van der Waals surface area contributed by atoms with E-state index in [1.165, 1.54) is 6.07 Å². The van der Waals surface area contributed by atoms with Crippen LogP contribution in [0.5, 0.6) is 0 Å². The van der Waals surface area contributed by atoms with Gasteiger partial charge in [-0.2, -0.15) is 0 Å². The topological polar surface area (TPSA) is 84.3 Å². The number of rotatable bonds is 6. The zero-order valence-electron chi connectivity index (χ0n) is 11.3. The summed E-state index contributed by atoms with van der Waals surface area (Å²) in [5.74, 6) is 0.00276. The van der Waals surface area contributed by atoms with Gasteiger partial charge in [0.25, 0.3) is 5.69 Å². The van der Waals surface area contributed by atoms with E-state index >= 15 is 0 Å². The Hall–Kier alpha value is -1.95. The molecule has 1 amide bonds. The summed E-state index contributed by atoms with van der Waals surface area (Å²) in [5.41, 5.74) is 0.760. The average molecular weight is 277 g/mol. The predicted molar refractivity (Wildman–Crippen MR) is 75.5 cm³/mol. The molecule has 6 heteroatoms. The summed E-state index contributed by atoms with van der Waals surface area (Å²) in [6, 6.07) is 6.90. The zero-order valence-corrected chi connectivity index (χ0v) is 11.3. The molecular formula is C14H19N3O3. The number of nitro groups is 1. The van der Waals surface area contributed by atoms with Crippen LogP contribution in [-0.4, -0.2) is 30.0 Å². The van der Waals surface area contributed by atoms with E-state index in [1.807, 2.05) is 0 Å². The van der Waals surface area contributed by atoms with Crippen molar-refractivity contribution < 1.29 is 9.72 Å². The highest BCUT2D eigenvalue weighted by Gasteiger charge is 2.17. The fourth-order valence-corrected chi connectivity index (χ4v) is 2.46. The molecule has 2 rings (SSSR count). The van der Waals surface area contributed by atoms with Crippen molar-refractivity contribution in [3.63, 3.8) is 0 Å². The molecule has 1 saturated heterocycles. The molecule has 0 bridgehead atoms. The maximum Gasteiger partial charge on any atom is 0.272 e. The molecule has 0 radical (unpaired) electrons. The fourth-order valence-electron chi connectivity index (χ4n) is 2.46. The molecule has 1 heterocycles. The van der Waals surface area contributed by atoms with E-state index in [4.69, 9.17) is 0 Å². The number of carbonyl (C=O) groups is 1. The van der Waals surface area contributed by atoms with Gasteiger partial charge in [-0.3, -0.25) is 14.9 Å². The van der Waals surface area contributed by atoms with Gasteiger partial charge in [-0.1, -0.05) is 18.2 Å². The fraction of sp³-hybridized carbons (Fsp3) is 0.500. The van der Waals surface area contributed by atoms with Crippen LogP contribution in [0, 0.1) is 10.1 Å². The number of benzene rings is 1. The van der Waals surface area contributed by atoms with Crippen LogP contribution in [-0.2, 0) is 11.2 Å². The molecule has 2 N–H and O–H groups in total. The number of amides is 1. The van der Waals surface area contributed by atoms with Gasteiger partial charge < -0.3 is 10.6 Å². The molecule has 0 aliphatic carbocycles. The lowest BCUT2D eigenvalue weighted by Gasteiger charge is -2.10. The van der Waals surface area contributed by atoms with Gasteiger partial charge in [0.1, 0.15) is 0 Å². The van der Waals surface area contributed by atoms with Crippen molar-refractivity contribution in [3.05, 3.63) is 39.9 Å². The molecule has 6 nitrogen and oxygen atoms in total. The number of nitrogens with one attached hydrogen (secondary N) is 2. The monoisotopic (exact) mass is 277 g/mol. The third kappa shape index (κ3) is 4.03. The van der Waals surface area contributed by atoms with E-state index in [0.29, 0.717) is 24.9 Å². The van der Waals surface area contributed by atoms with E-state index in [9.17, 15) is 14.9 Å². The standard InChI is InChI=1S/C14H19N3O3/c18-14(10-12-5-3-8-15-12)16-9-7-11-4-1-2-6-13(11)17(19)20/h1-2,4,6,12,15H,3,5,7-10H2,(H,16,18). The second-order valence-electron chi connectivity index (χ2n) is 4.98. The number of para-hydroxylation sites is 1. The van der Waals surface area contributed by atoms with Gasteiger partial charge in [-0.15, -0.1) is 0 Å². The first kappa shape index (κ1) is 14.5. The lowest BCUT2D eigenvalue weighted by atomic mass is 10.1. The van der Waals surface area contributed by atoms with E-state index in [2.05, 4.69) is 10.6 Å². The minimum Gasteiger partial charge on any atom is -0.356 e. The summed E-state index contributed by atoms with van der Waals surface area (Å²) in [6.45, 7) is 1.41. The largest absolute Gasteiger partial charge is 0.356 e. The van der Waals surface area contributed by atoms with Crippen LogP contribution < -0.4 is 10.6 Å². The molecule has 0 spiro atoms. The summed E-state index contributed by atoms with van der Waals surface area (Å²) in [6.07, 6.45) is 3.11. The van der Waals surface area contributed by atoms with Gasteiger partial charge >= 0.3 is 0 Å². The van der Waals surface area contributed by atoms with E-state index in [-0.39, 0.29) is 22.6 Å². The molecule has 1 aliphatic rings. The molecule has 0 saturated carbocycles. The zero-order chi connectivity index (χ0) is 14.4. The third-order valence-electron chi connectivity index (χ3n) is 3.50. The highest BCUT2D eigenvalue weighted by atomic mass is 16.6. The average Bonchev–Trinajstić information content (AvgIpc) is 2.92. The van der Waals surface area contributed by atoms with Gasteiger partial charge in [0.05, 0.1) is 4.92 Å². The Morgan fingerprint density at radius 2 is 2.25 bits per heavy atom. The minimum atomic E-state index is -0.389. The van der Waals surface area contributed by atoms with E-state index < -0.39 is 0 Å². The van der Waals surface area contributed by atoms with Crippen molar-refractivity contribution in [1.82, 2.24) is 10.6 Å². The molecule has 1 fully saturated rings. The molecule has 20 heavy (non-hydrogen) atoms. The van der Waals surface area contributed by atoms with Crippen molar-refractivity contribution in [2.75, 3.05) is 13.1 Å². The second kappa shape index (κ2) is 7.00. The van der Waals surface area contributed by atoms with Crippen LogP contribution >= 0.6 is 0 Å². The molecule has 108 valence electrons. The molecular weight excluding hydrogens is 258 g/mol. The normalized spacial score (nSPS) is 17.9. The maximum atomic E-state index is 11.7. The van der Waals surface area contributed by atoms with E-state index in [0.717, 1.165) is 19.4 Å². The molecule has 0 aromatic heterocycles. The lowest BCUT2D eigenvalue weighted by molar-refractivity contribution is -0.385. The highest BCUT2D eigenvalue weighted by molar-refractivity contribution is 5.76. The molecule has 1 atom stereocenters.